The van der Waals surface area contributed by atoms with Crippen LogP contribution in [-0.2, 0) is 11.3 Å². The van der Waals surface area contributed by atoms with Gasteiger partial charge >= 0.3 is 6.03 Å². The van der Waals surface area contributed by atoms with Gasteiger partial charge in [0.05, 0.1) is 13.2 Å². The Labute approximate surface area is 200 Å². The number of hydrogen-bond donors (Lipinski definition) is 1. The number of ether oxygens (including phenoxy) is 1. The van der Waals surface area contributed by atoms with Gasteiger partial charge in [0.1, 0.15) is 12.3 Å². The van der Waals surface area contributed by atoms with Crippen molar-refractivity contribution >= 4 is 17.6 Å². The van der Waals surface area contributed by atoms with Crippen LogP contribution in [0, 0.1) is 6.92 Å². The fourth-order valence-electron chi connectivity index (χ4n) is 4.40. The molecule has 34 heavy (non-hydrogen) atoms. The topological polar surface area (TPSA) is 66.8 Å². The summed E-state index contributed by atoms with van der Waals surface area (Å²) in [5.41, 5.74) is 4.00. The molecular weight excluding hydrogens is 428 g/mol. The number of rotatable bonds is 7. The van der Waals surface area contributed by atoms with E-state index in [-0.39, 0.29) is 24.5 Å². The molecule has 0 unspecified atom stereocenters. The number of nitrogens with zero attached hydrogens (tertiary/aromatic N) is 3. The molecule has 0 fully saturated rings. The molecule has 1 N–H and O–H groups in total. The molecule has 1 aliphatic heterocycles. The van der Waals surface area contributed by atoms with Crippen LogP contribution < -0.4 is 10.1 Å². The summed E-state index contributed by atoms with van der Waals surface area (Å²) in [4.78, 5) is 30.1. The van der Waals surface area contributed by atoms with Crippen LogP contribution in [0.5, 0.6) is 5.75 Å². The molecule has 0 saturated heterocycles. The number of fused-ring (bicyclic) bond motifs is 1. The second kappa shape index (κ2) is 10.5. The van der Waals surface area contributed by atoms with E-state index in [2.05, 4.69) is 53.3 Å². The number of methoxy groups -OCH3 is 1. The summed E-state index contributed by atoms with van der Waals surface area (Å²) in [5, 5.41) is 2.90. The summed E-state index contributed by atoms with van der Waals surface area (Å²) in [6.07, 6.45) is 2.82. The lowest BCUT2D eigenvalue weighted by molar-refractivity contribution is -0.134. The van der Waals surface area contributed by atoms with Crippen LogP contribution in [0.4, 0.5) is 10.5 Å². The van der Waals surface area contributed by atoms with E-state index in [1.54, 1.807) is 36.3 Å². The van der Waals surface area contributed by atoms with Gasteiger partial charge in [-0.15, -0.1) is 0 Å². The van der Waals surface area contributed by atoms with Crippen LogP contribution in [-0.4, -0.2) is 53.0 Å². The molecule has 0 radical (unpaired) electrons. The highest BCUT2D eigenvalue weighted by Crippen LogP contribution is 2.32. The monoisotopic (exact) mass is 460 g/mol. The first-order chi connectivity index (χ1) is 16.5. The Bertz CT molecular complexity index is 1120. The highest BCUT2D eigenvalue weighted by Gasteiger charge is 2.33. The van der Waals surface area contributed by atoms with E-state index in [9.17, 15) is 9.59 Å². The van der Waals surface area contributed by atoms with Gasteiger partial charge in [-0.1, -0.05) is 36.8 Å². The average Bonchev–Trinajstić information content (AvgIpc) is 3.33. The van der Waals surface area contributed by atoms with E-state index in [0.717, 1.165) is 30.0 Å². The lowest BCUT2D eigenvalue weighted by atomic mass is 9.98. The molecule has 178 valence electrons. The van der Waals surface area contributed by atoms with Crippen LogP contribution in [0.3, 0.4) is 0 Å². The molecule has 2 heterocycles. The van der Waals surface area contributed by atoms with Crippen molar-refractivity contribution in [3.05, 3.63) is 83.7 Å². The third-order valence-corrected chi connectivity index (χ3v) is 6.20. The largest absolute Gasteiger partial charge is 0.497 e. The highest BCUT2D eigenvalue weighted by molar-refractivity contribution is 5.92. The number of nitrogens with one attached hydrogen (secondary N) is 1. The predicted molar refractivity (Wildman–Crippen MR) is 133 cm³/mol. The van der Waals surface area contributed by atoms with Gasteiger partial charge in [0, 0.05) is 37.2 Å². The molecule has 1 aliphatic rings. The quantitative estimate of drug-likeness (QED) is 0.557. The van der Waals surface area contributed by atoms with Crippen molar-refractivity contribution in [2.24, 2.45) is 0 Å². The van der Waals surface area contributed by atoms with Crippen molar-refractivity contribution in [3.63, 3.8) is 0 Å². The average molecular weight is 461 g/mol. The fourth-order valence-corrected chi connectivity index (χ4v) is 4.40. The van der Waals surface area contributed by atoms with Gasteiger partial charge in [0.25, 0.3) is 0 Å². The summed E-state index contributed by atoms with van der Waals surface area (Å²) in [6, 6.07) is 19.1. The molecule has 3 aromatic rings. The maximum atomic E-state index is 13.6. The lowest BCUT2D eigenvalue weighted by Gasteiger charge is -2.38. The van der Waals surface area contributed by atoms with E-state index < -0.39 is 0 Å². The Morgan fingerprint density at radius 1 is 1.06 bits per heavy atom. The third-order valence-electron chi connectivity index (χ3n) is 6.20. The summed E-state index contributed by atoms with van der Waals surface area (Å²) in [7, 11) is 1.60. The molecule has 0 aliphatic carbocycles. The predicted octanol–water partition coefficient (Wildman–Crippen LogP) is 4.68. The number of anilines is 1. The minimum atomic E-state index is -0.285. The molecule has 7 heteroatoms. The number of benzene rings is 2. The zero-order valence-corrected chi connectivity index (χ0v) is 20.0. The minimum Gasteiger partial charge on any atom is -0.497 e. The highest BCUT2D eigenvalue weighted by atomic mass is 16.5. The molecule has 1 aromatic heterocycles. The smallest absolute Gasteiger partial charge is 0.322 e. The molecule has 3 amide bonds. The molecule has 1 atom stereocenters. The number of carbonyl (C=O) groups excluding carboxylic acids is 2. The number of aromatic nitrogens is 1. The molecule has 0 spiro atoms. The molecule has 0 bridgehead atoms. The summed E-state index contributed by atoms with van der Waals surface area (Å²) >= 11 is 0. The SMILES string of the molecule is CCCN(CC(=O)N1CCn2cccc2[C@@H]1c1ccc(C)cc1)C(=O)Nc1ccc(OC)cc1. The van der Waals surface area contributed by atoms with E-state index in [0.29, 0.717) is 18.8 Å². The van der Waals surface area contributed by atoms with E-state index in [1.165, 1.54) is 5.56 Å². The van der Waals surface area contributed by atoms with Crippen molar-refractivity contribution in [2.45, 2.75) is 32.9 Å². The number of amides is 3. The van der Waals surface area contributed by atoms with Crippen LogP contribution in [0.15, 0.2) is 66.9 Å². The second-order valence-electron chi connectivity index (χ2n) is 8.61. The third kappa shape index (κ3) is 5.09. The van der Waals surface area contributed by atoms with Crippen molar-refractivity contribution in [3.8, 4) is 5.75 Å². The van der Waals surface area contributed by atoms with E-state index in [4.69, 9.17) is 4.74 Å². The van der Waals surface area contributed by atoms with E-state index >= 15 is 0 Å². The molecule has 4 rings (SSSR count). The molecule has 0 saturated carbocycles. The Morgan fingerprint density at radius 2 is 1.79 bits per heavy atom. The standard InChI is InChI=1S/C27H32N4O3/c1-4-15-30(27(33)28-22-11-13-23(34-3)14-12-22)19-25(32)31-18-17-29-16-5-6-24(29)26(31)21-9-7-20(2)8-10-21/h5-14,16,26H,4,15,17-19H2,1-3H3,(H,28,33)/t26-/m0/s1. The second-order valence-corrected chi connectivity index (χ2v) is 8.61. The fraction of sp³-hybridized carbons (Fsp3) is 0.333. The number of hydrogen-bond acceptors (Lipinski definition) is 3. The molecule has 2 aromatic carbocycles. The van der Waals surface area contributed by atoms with Gasteiger partial charge in [-0.3, -0.25) is 4.79 Å². The Balaban J connectivity index is 1.52. The maximum Gasteiger partial charge on any atom is 0.322 e. The van der Waals surface area contributed by atoms with Crippen molar-refractivity contribution in [2.75, 3.05) is 32.1 Å². The van der Waals surface area contributed by atoms with Crippen molar-refractivity contribution in [1.29, 1.82) is 0 Å². The molecular formula is C27H32N4O3. The van der Waals surface area contributed by atoms with E-state index in [1.807, 2.05) is 17.9 Å². The zero-order valence-electron chi connectivity index (χ0n) is 20.0. The van der Waals surface area contributed by atoms with Crippen LogP contribution in [0.25, 0.3) is 0 Å². The lowest BCUT2D eigenvalue weighted by Crippen LogP contribution is -2.48. The van der Waals surface area contributed by atoms with Crippen LogP contribution >= 0.6 is 0 Å². The first kappa shape index (κ1) is 23.4. The first-order valence-corrected chi connectivity index (χ1v) is 11.7. The van der Waals surface area contributed by atoms with Gasteiger partial charge < -0.3 is 24.4 Å². The van der Waals surface area contributed by atoms with Gasteiger partial charge in [-0.25, -0.2) is 4.79 Å². The summed E-state index contributed by atoms with van der Waals surface area (Å²) < 4.78 is 7.38. The van der Waals surface area contributed by atoms with Crippen molar-refractivity contribution < 1.29 is 14.3 Å². The van der Waals surface area contributed by atoms with Gasteiger partial charge in [0.2, 0.25) is 5.91 Å². The first-order valence-electron chi connectivity index (χ1n) is 11.7. The minimum absolute atomic E-state index is 0.0267. The Hall–Kier alpha value is -3.74. The molecule has 7 nitrogen and oxygen atoms in total. The summed E-state index contributed by atoms with van der Waals surface area (Å²) in [6.45, 7) is 5.91. The normalized spacial score (nSPS) is 14.9. The Kier molecular flexibility index (Phi) is 7.21. The number of aryl methyl sites for hydroxylation is 1. The van der Waals surface area contributed by atoms with Crippen LogP contribution in [0.1, 0.15) is 36.2 Å². The number of carbonyl (C=O) groups is 2. The van der Waals surface area contributed by atoms with Crippen molar-refractivity contribution in [1.82, 2.24) is 14.4 Å². The maximum absolute atomic E-state index is 13.6. The van der Waals surface area contributed by atoms with Gasteiger partial charge in [-0.05, 0) is 55.3 Å². The summed E-state index contributed by atoms with van der Waals surface area (Å²) in [5.74, 6) is 0.659. The van der Waals surface area contributed by atoms with Gasteiger partial charge in [-0.2, -0.15) is 0 Å². The zero-order chi connectivity index (χ0) is 24.1. The van der Waals surface area contributed by atoms with Gasteiger partial charge in [0.15, 0.2) is 0 Å². The van der Waals surface area contributed by atoms with Crippen LogP contribution in [0.2, 0.25) is 0 Å². The number of urea groups is 1. The Morgan fingerprint density at radius 3 is 2.47 bits per heavy atom.